The van der Waals surface area contributed by atoms with E-state index in [4.69, 9.17) is 32.7 Å². The second-order valence-electron chi connectivity index (χ2n) is 5.42. The zero-order valence-corrected chi connectivity index (χ0v) is 15.0. The van der Waals surface area contributed by atoms with Gasteiger partial charge < -0.3 is 14.8 Å². The van der Waals surface area contributed by atoms with E-state index in [-0.39, 0.29) is 18.6 Å². The molecular formula is C18H19Cl2NO3. The molecule has 0 aliphatic rings. The molecule has 0 spiro atoms. The van der Waals surface area contributed by atoms with Crippen molar-refractivity contribution in [3.63, 3.8) is 0 Å². The van der Waals surface area contributed by atoms with E-state index in [0.717, 1.165) is 11.3 Å². The minimum Gasteiger partial charge on any atom is -0.491 e. The maximum atomic E-state index is 11.9. The van der Waals surface area contributed by atoms with E-state index in [2.05, 4.69) is 5.32 Å². The SMILES string of the molecule is CC(C)Oc1ccccc1CNC(=O)COc1ccc(Cl)c(Cl)c1. The summed E-state index contributed by atoms with van der Waals surface area (Å²) in [4.78, 5) is 11.9. The number of halogens is 2. The van der Waals surface area contributed by atoms with Crippen LogP contribution in [-0.4, -0.2) is 18.6 Å². The monoisotopic (exact) mass is 367 g/mol. The van der Waals surface area contributed by atoms with Crippen LogP contribution in [0.3, 0.4) is 0 Å². The van der Waals surface area contributed by atoms with Gasteiger partial charge in [0.25, 0.3) is 5.91 Å². The molecule has 0 atom stereocenters. The summed E-state index contributed by atoms with van der Waals surface area (Å²) >= 11 is 11.7. The summed E-state index contributed by atoms with van der Waals surface area (Å²) in [5.41, 5.74) is 0.911. The Bertz CT molecular complexity index is 704. The number of ether oxygens (including phenoxy) is 2. The Morgan fingerprint density at radius 1 is 1.12 bits per heavy atom. The van der Waals surface area contributed by atoms with Crippen molar-refractivity contribution in [2.24, 2.45) is 0 Å². The topological polar surface area (TPSA) is 47.6 Å². The fourth-order valence-corrected chi connectivity index (χ4v) is 2.27. The van der Waals surface area contributed by atoms with Crippen LogP contribution in [0.25, 0.3) is 0 Å². The van der Waals surface area contributed by atoms with E-state index in [1.807, 2.05) is 38.1 Å². The van der Waals surface area contributed by atoms with Crippen LogP contribution in [0.15, 0.2) is 42.5 Å². The van der Waals surface area contributed by atoms with E-state index in [9.17, 15) is 4.79 Å². The van der Waals surface area contributed by atoms with Crippen molar-refractivity contribution in [3.05, 3.63) is 58.1 Å². The Kier molecular flexibility index (Phi) is 6.76. The Balaban J connectivity index is 1.86. The number of benzene rings is 2. The second-order valence-corrected chi connectivity index (χ2v) is 6.23. The predicted octanol–water partition coefficient (Wildman–Crippen LogP) is 4.48. The first-order valence-electron chi connectivity index (χ1n) is 7.55. The molecule has 1 amide bonds. The van der Waals surface area contributed by atoms with Crippen molar-refractivity contribution in [3.8, 4) is 11.5 Å². The van der Waals surface area contributed by atoms with Crippen molar-refractivity contribution < 1.29 is 14.3 Å². The van der Waals surface area contributed by atoms with Crippen LogP contribution < -0.4 is 14.8 Å². The highest BCUT2D eigenvalue weighted by atomic mass is 35.5. The summed E-state index contributed by atoms with van der Waals surface area (Å²) in [7, 11) is 0. The van der Waals surface area contributed by atoms with Gasteiger partial charge in [-0.15, -0.1) is 0 Å². The molecule has 0 aromatic heterocycles. The third kappa shape index (κ3) is 5.62. The third-order valence-corrected chi connectivity index (χ3v) is 3.81. The summed E-state index contributed by atoms with van der Waals surface area (Å²) in [6.45, 7) is 4.18. The Morgan fingerprint density at radius 3 is 2.58 bits per heavy atom. The zero-order valence-electron chi connectivity index (χ0n) is 13.5. The lowest BCUT2D eigenvalue weighted by atomic mass is 10.2. The standard InChI is InChI=1S/C18H19Cl2NO3/c1-12(2)24-17-6-4-3-5-13(17)10-21-18(22)11-23-14-7-8-15(19)16(20)9-14/h3-9,12H,10-11H2,1-2H3,(H,21,22). The van der Waals surface area contributed by atoms with E-state index in [1.165, 1.54) is 0 Å². The highest BCUT2D eigenvalue weighted by molar-refractivity contribution is 6.42. The Hall–Kier alpha value is -1.91. The number of hydrogen-bond donors (Lipinski definition) is 1. The molecule has 0 radical (unpaired) electrons. The number of amides is 1. The average molecular weight is 368 g/mol. The molecule has 24 heavy (non-hydrogen) atoms. The first-order chi connectivity index (χ1) is 11.5. The summed E-state index contributed by atoms with van der Waals surface area (Å²) in [5, 5.41) is 3.63. The molecule has 2 aromatic rings. The van der Waals surface area contributed by atoms with Gasteiger partial charge in [-0.25, -0.2) is 0 Å². The molecule has 0 saturated heterocycles. The van der Waals surface area contributed by atoms with Crippen LogP contribution in [0.2, 0.25) is 10.0 Å². The smallest absolute Gasteiger partial charge is 0.258 e. The van der Waals surface area contributed by atoms with E-state index < -0.39 is 0 Å². The summed E-state index contributed by atoms with van der Waals surface area (Å²) in [6, 6.07) is 12.5. The summed E-state index contributed by atoms with van der Waals surface area (Å²) < 4.78 is 11.1. The van der Waals surface area contributed by atoms with Crippen LogP contribution in [0.4, 0.5) is 0 Å². The molecule has 128 valence electrons. The van der Waals surface area contributed by atoms with Crippen molar-refractivity contribution in [2.75, 3.05) is 6.61 Å². The van der Waals surface area contributed by atoms with Crippen molar-refractivity contribution in [2.45, 2.75) is 26.5 Å². The molecule has 4 nitrogen and oxygen atoms in total. The molecular weight excluding hydrogens is 349 g/mol. The number of nitrogens with one attached hydrogen (secondary N) is 1. The largest absolute Gasteiger partial charge is 0.491 e. The number of para-hydroxylation sites is 1. The van der Waals surface area contributed by atoms with Crippen molar-refractivity contribution in [1.82, 2.24) is 5.32 Å². The van der Waals surface area contributed by atoms with Gasteiger partial charge in [-0.1, -0.05) is 41.4 Å². The molecule has 0 aliphatic heterocycles. The molecule has 6 heteroatoms. The average Bonchev–Trinajstić information content (AvgIpc) is 2.54. The minimum atomic E-state index is -0.236. The fourth-order valence-electron chi connectivity index (χ4n) is 1.98. The van der Waals surface area contributed by atoms with Gasteiger partial charge in [0.1, 0.15) is 11.5 Å². The second kappa shape index (κ2) is 8.81. The van der Waals surface area contributed by atoms with Crippen LogP contribution in [-0.2, 0) is 11.3 Å². The van der Waals surface area contributed by atoms with Gasteiger partial charge in [-0.3, -0.25) is 4.79 Å². The van der Waals surface area contributed by atoms with Crippen molar-refractivity contribution >= 4 is 29.1 Å². The number of carbonyl (C=O) groups excluding carboxylic acids is 1. The lowest BCUT2D eigenvalue weighted by molar-refractivity contribution is -0.123. The molecule has 2 rings (SSSR count). The third-order valence-electron chi connectivity index (χ3n) is 3.07. The molecule has 0 bridgehead atoms. The van der Waals surface area contributed by atoms with Gasteiger partial charge in [-0.05, 0) is 32.0 Å². The molecule has 0 saturated carbocycles. The first-order valence-corrected chi connectivity index (χ1v) is 8.30. The van der Waals surface area contributed by atoms with Gasteiger partial charge in [0.15, 0.2) is 6.61 Å². The number of hydrogen-bond acceptors (Lipinski definition) is 3. The van der Waals surface area contributed by atoms with Crippen LogP contribution >= 0.6 is 23.2 Å². The zero-order chi connectivity index (χ0) is 17.5. The quantitative estimate of drug-likeness (QED) is 0.784. The van der Waals surface area contributed by atoms with E-state index >= 15 is 0 Å². The van der Waals surface area contributed by atoms with Crippen LogP contribution in [0, 0.1) is 0 Å². The van der Waals surface area contributed by atoms with E-state index in [0.29, 0.717) is 22.3 Å². The van der Waals surface area contributed by atoms with Gasteiger partial charge in [0.2, 0.25) is 0 Å². The lowest BCUT2D eigenvalue weighted by Gasteiger charge is -2.14. The highest BCUT2D eigenvalue weighted by Gasteiger charge is 2.08. The maximum Gasteiger partial charge on any atom is 0.258 e. The fraction of sp³-hybridized carbons (Fsp3) is 0.278. The minimum absolute atomic E-state index is 0.0693. The first kappa shape index (κ1) is 18.4. The molecule has 0 heterocycles. The van der Waals surface area contributed by atoms with E-state index in [1.54, 1.807) is 18.2 Å². The number of carbonyl (C=O) groups is 1. The predicted molar refractivity (Wildman–Crippen MR) is 96.0 cm³/mol. The summed E-state index contributed by atoms with van der Waals surface area (Å²) in [6.07, 6.45) is 0.0693. The molecule has 0 aliphatic carbocycles. The van der Waals surface area contributed by atoms with Gasteiger partial charge in [0, 0.05) is 18.2 Å². The van der Waals surface area contributed by atoms with Crippen LogP contribution in [0.5, 0.6) is 11.5 Å². The summed E-state index contributed by atoms with van der Waals surface area (Å²) in [5.74, 6) is 1.02. The molecule has 2 aromatic carbocycles. The number of rotatable bonds is 7. The Morgan fingerprint density at radius 2 is 1.88 bits per heavy atom. The van der Waals surface area contributed by atoms with Crippen molar-refractivity contribution in [1.29, 1.82) is 0 Å². The van der Waals surface area contributed by atoms with Gasteiger partial charge >= 0.3 is 0 Å². The van der Waals surface area contributed by atoms with Gasteiger partial charge in [-0.2, -0.15) is 0 Å². The molecule has 1 N–H and O–H groups in total. The lowest BCUT2D eigenvalue weighted by Crippen LogP contribution is -2.28. The van der Waals surface area contributed by atoms with Gasteiger partial charge in [0.05, 0.1) is 16.1 Å². The van der Waals surface area contributed by atoms with Crippen LogP contribution in [0.1, 0.15) is 19.4 Å². The molecule has 0 fully saturated rings. The normalized spacial score (nSPS) is 10.5. The molecule has 0 unspecified atom stereocenters. The maximum absolute atomic E-state index is 11.9. The Labute approximate surface area is 151 Å². The highest BCUT2D eigenvalue weighted by Crippen LogP contribution is 2.26.